The van der Waals surface area contributed by atoms with E-state index in [0.29, 0.717) is 32.4 Å². The maximum absolute atomic E-state index is 12.0. The number of unbranched alkanes of at least 4 members (excludes halogenated alkanes) is 1. The molecule has 21 heavy (non-hydrogen) atoms. The highest BCUT2D eigenvalue weighted by atomic mass is 16.4. The molecule has 1 rings (SSSR count). The summed E-state index contributed by atoms with van der Waals surface area (Å²) < 4.78 is 0. The van der Waals surface area contributed by atoms with E-state index in [1.807, 2.05) is 0 Å². The number of carbonyl (C=O) groups is 4. The molecule has 0 aromatic carbocycles. The number of imide groups is 1. The summed E-state index contributed by atoms with van der Waals surface area (Å²) in [5.74, 6) is -1.57. The molecule has 8 heteroatoms. The Bertz CT molecular complexity index is 424. The molecule has 0 spiro atoms. The van der Waals surface area contributed by atoms with Crippen LogP contribution >= 0.6 is 0 Å². The Morgan fingerprint density at radius 1 is 1.33 bits per heavy atom. The lowest BCUT2D eigenvalue weighted by molar-refractivity contribution is -0.137. The molecule has 0 aromatic heterocycles. The normalized spacial score (nSPS) is 18.0. The van der Waals surface area contributed by atoms with E-state index < -0.39 is 23.9 Å². The number of carbonyl (C=O) groups excluding carboxylic acids is 3. The van der Waals surface area contributed by atoms with Gasteiger partial charge in [0.25, 0.3) is 0 Å². The van der Waals surface area contributed by atoms with Crippen molar-refractivity contribution in [2.75, 3.05) is 13.1 Å². The highest BCUT2D eigenvalue weighted by Gasteiger charge is 2.32. The lowest BCUT2D eigenvalue weighted by Gasteiger charge is -2.34. The number of nitrogens with zero attached hydrogens (tertiary/aromatic N) is 1. The van der Waals surface area contributed by atoms with E-state index in [1.165, 1.54) is 4.90 Å². The van der Waals surface area contributed by atoms with Crippen LogP contribution in [0.1, 0.15) is 39.0 Å². The van der Waals surface area contributed by atoms with Gasteiger partial charge in [0.15, 0.2) is 0 Å². The van der Waals surface area contributed by atoms with Crippen molar-refractivity contribution in [2.24, 2.45) is 0 Å². The van der Waals surface area contributed by atoms with Crippen LogP contribution in [0.3, 0.4) is 0 Å². The molecular formula is C13H21N3O5. The first-order chi connectivity index (χ1) is 9.95. The summed E-state index contributed by atoms with van der Waals surface area (Å²) in [5.41, 5.74) is 0. The van der Waals surface area contributed by atoms with Crippen LogP contribution in [-0.2, 0) is 14.4 Å². The molecule has 1 saturated heterocycles. The number of hydrogen-bond acceptors (Lipinski definition) is 4. The fourth-order valence-electron chi connectivity index (χ4n) is 2.18. The summed E-state index contributed by atoms with van der Waals surface area (Å²) in [6, 6.07) is -1.13. The number of nitrogens with one attached hydrogen (secondary N) is 2. The predicted molar refractivity (Wildman–Crippen MR) is 73.4 cm³/mol. The fourth-order valence-corrected chi connectivity index (χ4v) is 2.18. The number of aliphatic carboxylic acids is 1. The van der Waals surface area contributed by atoms with Crippen LogP contribution in [0.15, 0.2) is 0 Å². The summed E-state index contributed by atoms with van der Waals surface area (Å²) in [4.78, 5) is 46.9. The van der Waals surface area contributed by atoms with Crippen molar-refractivity contribution in [1.29, 1.82) is 0 Å². The average Bonchev–Trinajstić information content (AvgIpc) is 2.43. The molecule has 0 aliphatic carbocycles. The van der Waals surface area contributed by atoms with Crippen molar-refractivity contribution in [3.8, 4) is 0 Å². The smallest absolute Gasteiger partial charge is 0.324 e. The summed E-state index contributed by atoms with van der Waals surface area (Å²) in [6.07, 6.45) is 1.37. The zero-order valence-electron chi connectivity index (χ0n) is 12.1. The number of amides is 4. The molecule has 1 fully saturated rings. The summed E-state index contributed by atoms with van der Waals surface area (Å²) in [5, 5.41) is 13.4. The maximum atomic E-state index is 12.0. The lowest BCUT2D eigenvalue weighted by atomic mass is 10.1. The van der Waals surface area contributed by atoms with Crippen LogP contribution in [0, 0.1) is 0 Å². The van der Waals surface area contributed by atoms with E-state index in [9.17, 15) is 19.2 Å². The molecule has 1 aliphatic rings. The molecule has 4 amide bonds. The van der Waals surface area contributed by atoms with Crippen molar-refractivity contribution < 1.29 is 24.3 Å². The predicted octanol–water partition coefficient (Wildman–Crippen LogP) is 0.0780. The summed E-state index contributed by atoms with van der Waals surface area (Å²) >= 11 is 0. The van der Waals surface area contributed by atoms with Crippen molar-refractivity contribution in [2.45, 2.75) is 45.1 Å². The molecule has 118 valence electrons. The van der Waals surface area contributed by atoms with Gasteiger partial charge in [-0.1, -0.05) is 6.92 Å². The van der Waals surface area contributed by atoms with Crippen molar-refractivity contribution in [1.82, 2.24) is 15.5 Å². The SMILES string of the molecule is CCC1C(=O)NCCN1C(=O)NC(=O)CCCCC(=O)O. The van der Waals surface area contributed by atoms with Crippen molar-refractivity contribution in [3.05, 3.63) is 0 Å². The van der Waals surface area contributed by atoms with E-state index in [1.54, 1.807) is 6.92 Å². The molecule has 1 atom stereocenters. The van der Waals surface area contributed by atoms with Gasteiger partial charge in [-0.05, 0) is 19.3 Å². The quantitative estimate of drug-likeness (QED) is 0.601. The second kappa shape index (κ2) is 8.23. The van der Waals surface area contributed by atoms with Crippen molar-refractivity contribution >= 4 is 23.8 Å². The minimum absolute atomic E-state index is 0.00539. The van der Waals surface area contributed by atoms with E-state index in [4.69, 9.17) is 5.11 Å². The highest BCUT2D eigenvalue weighted by molar-refractivity contribution is 5.97. The Balaban J connectivity index is 2.39. The van der Waals surface area contributed by atoms with E-state index in [-0.39, 0.29) is 18.7 Å². The average molecular weight is 299 g/mol. The monoisotopic (exact) mass is 299 g/mol. The highest BCUT2D eigenvalue weighted by Crippen LogP contribution is 2.09. The Morgan fingerprint density at radius 3 is 2.62 bits per heavy atom. The van der Waals surface area contributed by atoms with E-state index >= 15 is 0 Å². The second-order valence-corrected chi connectivity index (χ2v) is 4.86. The van der Waals surface area contributed by atoms with Crippen molar-refractivity contribution in [3.63, 3.8) is 0 Å². The molecule has 0 radical (unpaired) electrons. The topological polar surface area (TPSA) is 116 Å². The zero-order valence-corrected chi connectivity index (χ0v) is 12.1. The maximum Gasteiger partial charge on any atom is 0.324 e. The van der Waals surface area contributed by atoms with Crippen LogP contribution in [-0.4, -0.2) is 53.0 Å². The van der Waals surface area contributed by atoms with Gasteiger partial charge in [-0.2, -0.15) is 0 Å². The van der Waals surface area contributed by atoms with Gasteiger partial charge >= 0.3 is 12.0 Å². The van der Waals surface area contributed by atoms with Crippen LogP contribution in [0.5, 0.6) is 0 Å². The molecule has 0 aromatic rings. The van der Waals surface area contributed by atoms with Gasteiger partial charge in [-0.3, -0.25) is 19.7 Å². The number of rotatable bonds is 6. The van der Waals surface area contributed by atoms with Crippen LogP contribution in [0.4, 0.5) is 4.79 Å². The molecule has 1 heterocycles. The Hall–Kier alpha value is -2.12. The number of carboxylic acid groups (broad SMARTS) is 1. The lowest BCUT2D eigenvalue weighted by Crippen LogP contribution is -2.59. The first kappa shape index (κ1) is 16.9. The first-order valence-corrected chi connectivity index (χ1v) is 7.05. The minimum Gasteiger partial charge on any atom is -0.481 e. The molecule has 0 saturated carbocycles. The van der Waals surface area contributed by atoms with Gasteiger partial charge in [0.05, 0.1) is 0 Å². The Morgan fingerprint density at radius 2 is 2.00 bits per heavy atom. The molecule has 1 unspecified atom stereocenters. The summed E-state index contributed by atoms with van der Waals surface area (Å²) in [7, 11) is 0. The van der Waals surface area contributed by atoms with E-state index in [0.717, 1.165) is 0 Å². The second-order valence-electron chi connectivity index (χ2n) is 4.86. The van der Waals surface area contributed by atoms with E-state index in [2.05, 4.69) is 10.6 Å². The molecule has 3 N–H and O–H groups in total. The van der Waals surface area contributed by atoms with Gasteiger partial charge < -0.3 is 15.3 Å². The number of urea groups is 1. The number of carboxylic acids is 1. The third-order valence-corrected chi connectivity index (χ3v) is 3.27. The fraction of sp³-hybridized carbons (Fsp3) is 0.692. The standard InChI is InChI=1S/C13H21N3O5/c1-2-9-12(20)14-7-8-16(9)13(21)15-10(17)5-3-4-6-11(18)19/h9H,2-8H2,1H3,(H,14,20)(H,18,19)(H,15,17,21). The molecule has 8 nitrogen and oxygen atoms in total. The van der Waals surface area contributed by atoms with Gasteiger partial charge in [0.2, 0.25) is 11.8 Å². The van der Waals surface area contributed by atoms with Crippen LogP contribution in [0.2, 0.25) is 0 Å². The Labute approximate surface area is 122 Å². The third-order valence-electron chi connectivity index (χ3n) is 3.27. The molecule has 0 bridgehead atoms. The Kier molecular flexibility index (Phi) is 6.64. The van der Waals surface area contributed by atoms with Gasteiger partial charge in [0.1, 0.15) is 6.04 Å². The van der Waals surface area contributed by atoms with Gasteiger partial charge in [-0.15, -0.1) is 0 Å². The third kappa shape index (κ3) is 5.41. The summed E-state index contributed by atoms with van der Waals surface area (Å²) in [6.45, 7) is 2.53. The minimum atomic E-state index is -0.906. The number of hydrogen-bond donors (Lipinski definition) is 3. The zero-order chi connectivity index (χ0) is 15.8. The largest absolute Gasteiger partial charge is 0.481 e. The van der Waals surface area contributed by atoms with Gasteiger partial charge in [-0.25, -0.2) is 4.79 Å². The number of piperazine rings is 1. The molecular weight excluding hydrogens is 278 g/mol. The van der Waals surface area contributed by atoms with Gasteiger partial charge in [0, 0.05) is 25.9 Å². The van der Waals surface area contributed by atoms with Crippen LogP contribution in [0.25, 0.3) is 0 Å². The first-order valence-electron chi connectivity index (χ1n) is 7.05. The molecule has 1 aliphatic heterocycles. The van der Waals surface area contributed by atoms with Crippen LogP contribution < -0.4 is 10.6 Å².